The molecule has 5 heteroatoms. The van der Waals surface area contributed by atoms with E-state index in [4.69, 9.17) is 0 Å². The van der Waals surface area contributed by atoms with Crippen LogP contribution < -0.4 is 0 Å². The normalized spacial score (nSPS) is 22.0. The number of rotatable bonds is 4. The lowest BCUT2D eigenvalue weighted by Crippen LogP contribution is -2.34. The first-order valence-corrected chi connectivity index (χ1v) is 7.96. The number of benzene rings is 1. The van der Waals surface area contributed by atoms with Gasteiger partial charge in [0.1, 0.15) is 0 Å². The van der Waals surface area contributed by atoms with E-state index in [9.17, 15) is 14.7 Å². The van der Waals surface area contributed by atoms with Gasteiger partial charge in [0.15, 0.2) is 0 Å². The number of nitrogens with zero attached hydrogens (tertiary/aromatic N) is 1. The van der Waals surface area contributed by atoms with Crippen molar-refractivity contribution in [2.24, 2.45) is 5.41 Å². The van der Waals surface area contributed by atoms with Crippen molar-refractivity contribution in [3.05, 3.63) is 35.4 Å². The summed E-state index contributed by atoms with van der Waals surface area (Å²) >= 11 is 1.74. The first-order chi connectivity index (χ1) is 9.46. The average molecular weight is 293 g/mol. The molecule has 0 radical (unpaired) electrons. The zero-order valence-electron chi connectivity index (χ0n) is 11.8. The first kappa shape index (κ1) is 14.9. The van der Waals surface area contributed by atoms with E-state index in [1.807, 2.05) is 30.5 Å². The minimum Gasteiger partial charge on any atom is -0.481 e. The summed E-state index contributed by atoms with van der Waals surface area (Å²) in [7, 11) is 0. The summed E-state index contributed by atoms with van der Waals surface area (Å²) in [6.07, 6.45) is 2.55. The minimum absolute atomic E-state index is 0.0781. The van der Waals surface area contributed by atoms with Crippen molar-refractivity contribution in [3.63, 3.8) is 0 Å². The molecule has 0 spiro atoms. The number of carboxylic acid groups (broad SMARTS) is 1. The van der Waals surface area contributed by atoms with Gasteiger partial charge >= 0.3 is 5.97 Å². The van der Waals surface area contributed by atoms with E-state index in [0.717, 1.165) is 5.75 Å². The third kappa shape index (κ3) is 2.98. The molecule has 2 rings (SSSR count). The number of carboxylic acids is 1. The largest absolute Gasteiger partial charge is 0.481 e. The van der Waals surface area contributed by atoms with Gasteiger partial charge in [-0.15, -0.1) is 0 Å². The van der Waals surface area contributed by atoms with E-state index in [2.05, 4.69) is 0 Å². The van der Waals surface area contributed by atoms with Crippen molar-refractivity contribution in [1.29, 1.82) is 0 Å². The number of hydrogen-bond donors (Lipinski definition) is 1. The van der Waals surface area contributed by atoms with E-state index >= 15 is 0 Å². The summed E-state index contributed by atoms with van der Waals surface area (Å²) in [5.74, 6) is 0.0173. The summed E-state index contributed by atoms with van der Waals surface area (Å²) in [5, 5.41) is 9.20. The van der Waals surface area contributed by atoms with E-state index in [0.29, 0.717) is 18.5 Å². The molecule has 1 aromatic rings. The Morgan fingerprint density at radius 2 is 2.00 bits per heavy atom. The molecule has 1 aliphatic heterocycles. The molecule has 1 heterocycles. The Morgan fingerprint density at radius 1 is 1.35 bits per heavy atom. The van der Waals surface area contributed by atoms with E-state index in [1.54, 1.807) is 23.6 Å². The van der Waals surface area contributed by atoms with E-state index < -0.39 is 11.4 Å². The molecule has 20 heavy (non-hydrogen) atoms. The summed E-state index contributed by atoms with van der Waals surface area (Å²) in [6, 6.07) is 7.56. The Bertz CT molecular complexity index is 514. The van der Waals surface area contributed by atoms with Crippen molar-refractivity contribution in [1.82, 2.24) is 4.90 Å². The molecule has 1 fully saturated rings. The average Bonchev–Trinajstić information content (AvgIpc) is 2.83. The Labute approximate surface area is 123 Å². The number of hydrogen-bond acceptors (Lipinski definition) is 3. The van der Waals surface area contributed by atoms with Gasteiger partial charge in [-0.2, -0.15) is 11.8 Å². The van der Waals surface area contributed by atoms with E-state index in [1.165, 1.54) is 5.56 Å². The van der Waals surface area contributed by atoms with Crippen LogP contribution in [0, 0.1) is 5.41 Å². The quantitative estimate of drug-likeness (QED) is 0.926. The molecule has 1 saturated heterocycles. The fourth-order valence-corrected chi connectivity index (χ4v) is 2.93. The van der Waals surface area contributed by atoms with Crippen molar-refractivity contribution in [2.75, 3.05) is 19.3 Å². The van der Waals surface area contributed by atoms with Gasteiger partial charge in [-0.05, 0) is 37.3 Å². The molecule has 1 amide bonds. The molecule has 4 nitrogen and oxygen atoms in total. The van der Waals surface area contributed by atoms with Gasteiger partial charge in [-0.1, -0.05) is 12.1 Å². The van der Waals surface area contributed by atoms with Crippen LogP contribution in [0.1, 0.15) is 29.3 Å². The van der Waals surface area contributed by atoms with Gasteiger partial charge in [0.25, 0.3) is 5.91 Å². The van der Waals surface area contributed by atoms with Gasteiger partial charge in [-0.3, -0.25) is 9.59 Å². The molecule has 0 saturated carbocycles. The number of amides is 1. The second-order valence-corrected chi connectivity index (χ2v) is 6.34. The predicted octanol–water partition coefficient (Wildman–Crippen LogP) is 2.49. The molecular weight excluding hydrogens is 274 g/mol. The Morgan fingerprint density at radius 3 is 2.50 bits per heavy atom. The van der Waals surface area contributed by atoms with Crippen LogP contribution in [0.5, 0.6) is 0 Å². The SMILES string of the molecule is CSCc1ccc(C(=O)N2CCC(C)(C(=O)O)C2)cc1. The minimum atomic E-state index is -0.830. The third-order valence-corrected chi connectivity index (χ3v) is 4.41. The lowest BCUT2D eigenvalue weighted by Gasteiger charge is -2.20. The molecule has 0 bridgehead atoms. The van der Waals surface area contributed by atoms with Crippen LogP contribution >= 0.6 is 11.8 Å². The number of carbonyl (C=O) groups excluding carboxylic acids is 1. The van der Waals surface area contributed by atoms with Crippen LogP contribution in [0.4, 0.5) is 0 Å². The maximum absolute atomic E-state index is 12.4. The monoisotopic (exact) mass is 293 g/mol. The number of likely N-dealkylation sites (tertiary alicyclic amines) is 1. The van der Waals surface area contributed by atoms with Gasteiger partial charge < -0.3 is 10.0 Å². The highest BCUT2D eigenvalue weighted by atomic mass is 32.2. The van der Waals surface area contributed by atoms with Gasteiger partial charge in [0.05, 0.1) is 5.41 Å². The molecule has 0 aliphatic carbocycles. The number of thioether (sulfide) groups is 1. The number of aliphatic carboxylic acids is 1. The highest BCUT2D eigenvalue weighted by Crippen LogP contribution is 2.31. The first-order valence-electron chi connectivity index (χ1n) is 6.57. The van der Waals surface area contributed by atoms with Crippen LogP contribution in [0.2, 0.25) is 0 Å². The maximum atomic E-state index is 12.4. The molecule has 1 atom stereocenters. The summed E-state index contributed by atoms with van der Waals surface area (Å²) in [6.45, 7) is 2.49. The highest BCUT2D eigenvalue weighted by molar-refractivity contribution is 7.97. The molecule has 108 valence electrons. The van der Waals surface area contributed by atoms with Crippen molar-refractivity contribution >= 4 is 23.6 Å². The van der Waals surface area contributed by atoms with Gasteiger partial charge in [0.2, 0.25) is 0 Å². The van der Waals surface area contributed by atoms with Crippen molar-refractivity contribution in [3.8, 4) is 0 Å². The van der Waals surface area contributed by atoms with Crippen LogP contribution in [-0.2, 0) is 10.5 Å². The Hall–Kier alpha value is -1.49. The maximum Gasteiger partial charge on any atom is 0.311 e. The topological polar surface area (TPSA) is 57.6 Å². The lowest BCUT2D eigenvalue weighted by molar-refractivity contribution is -0.147. The van der Waals surface area contributed by atoms with Crippen LogP contribution in [0.3, 0.4) is 0 Å². The lowest BCUT2D eigenvalue weighted by atomic mass is 9.90. The Balaban J connectivity index is 2.07. The fourth-order valence-electron chi connectivity index (χ4n) is 2.40. The third-order valence-electron chi connectivity index (χ3n) is 3.79. The van der Waals surface area contributed by atoms with Crippen LogP contribution in [0.25, 0.3) is 0 Å². The summed E-state index contributed by atoms with van der Waals surface area (Å²) in [4.78, 5) is 25.2. The smallest absolute Gasteiger partial charge is 0.311 e. The Kier molecular flexibility index (Phi) is 4.38. The molecule has 1 unspecified atom stereocenters. The number of carbonyl (C=O) groups is 2. The predicted molar refractivity (Wildman–Crippen MR) is 79.9 cm³/mol. The van der Waals surface area contributed by atoms with Crippen molar-refractivity contribution < 1.29 is 14.7 Å². The summed E-state index contributed by atoms with van der Waals surface area (Å²) in [5.41, 5.74) is 1.00. The molecular formula is C15H19NO3S. The second-order valence-electron chi connectivity index (χ2n) is 5.47. The van der Waals surface area contributed by atoms with Crippen LogP contribution in [-0.4, -0.2) is 41.2 Å². The van der Waals surface area contributed by atoms with Crippen molar-refractivity contribution in [2.45, 2.75) is 19.1 Å². The standard InChI is InChI=1S/C15H19NO3S/c1-15(14(18)19)7-8-16(10-15)13(17)12-5-3-11(4-6-12)9-20-2/h3-6H,7-10H2,1-2H3,(H,18,19). The highest BCUT2D eigenvalue weighted by Gasteiger charge is 2.42. The van der Waals surface area contributed by atoms with E-state index in [-0.39, 0.29) is 12.5 Å². The molecule has 1 aliphatic rings. The van der Waals surface area contributed by atoms with Gasteiger partial charge in [-0.25, -0.2) is 0 Å². The molecule has 1 N–H and O–H groups in total. The zero-order valence-corrected chi connectivity index (χ0v) is 12.6. The summed E-state index contributed by atoms with van der Waals surface area (Å²) < 4.78 is 0. The van der Waals surface area contributed by atoms with Crippen LogP contribution in [0.15, 0.2) is 24.3 Å². The molecule has 0 aromatic heterocycles. The fraction of sp³-hybridized carbons (Fsp3) is 0.467. The zero-order chi connectivity index (χ0) is 14.8. The molecule has 1 aromatic carbocycles. The van der Waals surface area contributed by atoms with Gasteiger partial charge in [0, 0.05) is 24.4 Å². The second kappa shape index (κ2) is 5.87.